The van der Waals surface area contributed by atoms with Crippen LogP contribution in [0.25, 0.3) is 0 Å². The molecule has 0 spiro atoms. The van der Waals surface area contributed by atoms with Gasteiger partial charge in [0.05, 0.1) is 0 Å². The summed E-state index contributed by atoms with van der Waals surface area (Å²) < 4.78 is 13.5. The van der Waals surface area contributed by atoms with Crippen LogP contribution >= 0.6 is 0 Å². The molecule has 0 saturated heterocycles. The van der Waals surface area contributed by atoms with Crippen molar-refractivity contribution in [3.8, 4) is 0 Å². The second-order valence-electron chi connectivity index (χ2n) is 6.23. The molecule has 112 valence electrons. The predicted molar refractivity (Wildman–Crippen MR) is 80.1 cm³/mol. The third kappa shape index (κ3) is 5.70. The molecule has 0 aliphatic rings. The molecule has 0 aliphatic heterocycles. The van der Waals surface area contributed by atoms with Gasteiger partial charge in [-0.2, -0.15) is 0 Å². The van der Waals surface area contributed by atoms with Crippen molar-refractivity contribution in [2.45, 2.75) is 52.6 Å². The number of halogens is 1. The molecular weight excluding hydrogens is 255 g/mol. The first-order valence-electron chi connectivity index (χ1n) is 6.99. The summed E-state index contributed by atoms with van der Waals surface area (Å²) in [4.78, 5) is 11.7. The summed E-state index contributed by atoms with van der Waals surface area (Å²) in [5.41, 5.74) is 1.33. The molecule has 1 aromatic rings. The highest BCUT2D eigenvalue weighted by molar-refractivity contribution is 5.76. The third-order valence-corrected chi connectivity index (χ3v) is 3.01. The van der Waals surface area contributed by atoms with Crippen LogP contribution < -0.4 is 10.6 Å². The Bertz CT molecular complexity index is 466. The average molecular weight is 280 g/mol. The topological polar surface area (TPSA) is 41.1 Å². The zero-order valence-electron chi connectivity index (χ0n) is 13.0. The van der Waals surface area contributed by atoms with E-state index in [9.17, 15) is 9.18 Å². The van der Waals surface area contributed by atoms with Crippen molar-refractivity contribution in [1.29, 1.82) is 0 Å². The van der Waals surface area contributed by atoms with Crippen molar-refractivity contribution in [3.63, 3.8) is 0 Å². The molecule has 0 aliphatic carbocycles. The molecule has 0 fully saturated rings. The van der Waals surface area contributed by atoms with E-state index in [1.807, 2.05) is 33.8 Å². The predicted octanol–water partition coefficient (Wildman–Crippen LogP) is 3.09. The van der Waals surface area contributed by atoms with Crippen molar-refractivity contribution in [3.05, 3.63) is 35.1 Å². The molecule has 0 heterocycles. The second-order valence-corrected chi connectivity index (χ2v) is 6.23. The lowest BCUT2D eigenvalue weighted by Crippen LogP contribution is -2.41. The van der Waals surface area contributed by atoms with Gasteiger partial charge in [0.15, 0.2) is 0 Å². The van der Waals surface area contributed by atoms with E-state index in [0.29, 0.717) is 18.5 Å². The van der Waals surface area contributed by atoms with Crippen LogP contribution in [0, 0.1) is 12.7 Å². The molecule has 3 nitrogen and oxygen atoms in total. The lowest BCUT2D eigenvalue weighted by atomic mass is 10.1. The largest absolute Gasteiger partial charge is 0.351 e. The maximum Gasteiger partial charge on any atom is 0.221 e. The third-order valence-electron chi connectivity index (χ3n) is 3.01. The molecule has 1 aromatic carbocycles. The number of hydrogen-bond donors (Lipinski definition) is 2. The Morgan fingerprint density at radius 1 is 1.35 bits per heavy atom. The summed E-state index contributed by atoms with van der Waals surface area (Å²) >= 11 is 0. The van der Waals surface area contributed by atoms with Crippen molar-refractivity contribution >= 4 is 5.91 Å². The molecule has 4 heteroatoms. The van der Waals surface area contributed by atoms with Crippen LogP contribution in [-0.2, 0) is 4.79 Å². The van der Waals surface area contributed by atoms with E-state index >= 15 is 0 Å². The van der Waals surface area contributed by atoms with Gasteiger partial charge in [-0.15, -0.1) is 0 Å². The van der Waals surface area contributed by atoms with Gasteiger partial charge in [0.2, 0.25) is 5.91 Å². The van der Waals surface area contributed by atoms with Gasteiger partial charge in [-0.25, -0.2) is 4.39 Å². The molecule has 0 saturated carbocycles. The lowest BCUT2D eigenvalue weighted by Gasteiger charge is -2.21. The van der Waals surface area contributed by atoms with E-state index in [2.05, 4.69) is 10.6 Å². The van der Waals surface area contributed by atoms with Gasteiger partial charge in [0, 0.05) is 24.5 Å². The van der Waals surface area contributed by atoms with Crippen molar-refractivity contribution in [1.82, 2.24) is 10.6 Å². The number of benzene rings is 1. The van der Waals surface area contributed by atoms with Gasteiger partial charge >= 0.3 is 0 Å². The maximum atomic E-state index is 13.5. The van der Waals surface area contributed by atoms with E-state index in [1.165, 1.54) is 0 Å². The van der Waals surface area contributed by atoms with Crippen LogP contribution in [0.5, 0.6) is 0 Å². The maximum absolute atomic E-state index is 13.5. The fraction of sp³-hybridized carbons (Fsp3) is 0.562. The first kappa shape index (κ1) is 16.6. The quantitative estimate of drug-likeness (QED) is 0.870. The standard InChI is InChI=1S/C16H25FN2O/c1-11-6-7-13(10-14(11)17)12(2)18-9-8-15(20)19-16(3,4)5/h6-7,10,12,18H,8-9H2,1-5H3,(H,19,20). The molecule has 0 bridgehead atoms. The van der Waals surface area contributed by atoms with Crippen LogP contribution in [0.4, 0.5) is 4.39 Å². The normalized spacial score (nSPS) is 13.1. The summed E-state index contributed by atoms with van der Waals surface area (Å²) in [6.45, 7) is 10.1. The number of rotatable bonds is 5. The summed E-state index contributed by atoms with van der Waals surface area (Å²) in [7, 11) is 0. The van der Waals surface area contributed by atoms with Gasteiger partial charge in [-0.1, -0.05) is 12.1 Å². The van der Waals surface area contributed by atoms with Crippen LogP contribution in [0.3, 0.4) is 0 Å². The second kappa shape index (κ2) is 6.84. The monoisotopic (exact) mass is 280 g/mol. The Labute approximate surface area is 121 Å². The van der Waals surface area contributed by atoms with Crippen molar-refractivity contribution in [2.24, 2.45) is 0 Å². The van der Waals surface area contributed by atoms with Gasteiger partial charge in [-0.05, 0) is 51.8 Å². The Morgan fingerprint density at radius 3 is 2.55 bits per heavy atom. The van der Waals surface area contributed by atoms with E-state index < -0.39 is 0 Å². The molecular formula is C16H25FN2O. The van der Waals surface area contributed by atoms with Crippen LogP contribution in [0.1, 0.15) is 51.3 Å². The summed E-state index contributed by atoms with van der Waals surface area (Å²) in [6, 6.07) is 5.25. The first-order chi connectivity index (χ1) is 9.19. The van der Waals surface area contributed by atoms with E-state index in [4.69, 9.17) is 0 Å². The fourth-order valence-electron chi connectivity index (χ4n) is 1.88. The smallest absolute Gasteiger partial charge is 0.221 e. The minimum Gasteiger partial charge on any atom is -0.351 e. The van der Waals surface area contributed by atoms with Crippen LogP contribution in [0.2, 0.25) is 0 Å². The summed E-state index contributed by atoms with van der Waals surface area (Å²) in [5.74, 6) is -0.172. The SMILES string of the molecule is Cc1ccc(C(C)NCCC(=O)NC(C)(C)C)cc1F. The Kier molecular flexibility index (Phi) is 5.69. The molecule has 1 amide bonds. The van der Waals surface area contributed by atoms with Gasteiger partial charge in [0.1, 0.15) is 5.82 Å². The molecule has 20 heavy (non-hydrogen) atoms. The van der Waals surface area contributed by atoms with Gasteiger partial charge in [0.25, 0.3) is 0 Å². The molecule has 1 atom stereocenters. The number of hydrogen-bond acceptors (Lipinski definition) is 2. The zero-order valence-corrected chi connectivity index (χ0v) is 13.0. The van der Waals surface area contributed by atoms with Gasteiger partial charge in [-0.3, -0.25) is 4.79 Å². The highest BCUT2D eigenvalue weighted by Crippen LogP contribution is 2.16. The number of amides is 1. The van der Waals surface area contributed by atoms with E-state index in [0.717, 1.165) is 5.56 Å². The van der Waals surface area contributed by atoms with Crippen LogP contribution in [0.15, 0.2) is 18.2 Å². The van der Waals surface area contributed by atoms with E-state index in [-0.39, 0.29) is 23.3 Å². The summed E-state index contributed by atoms with van der Waals surface area (Å²) in [5, 5.41) is 6.15. The Balaban J connectivity index is 2.42. The minimum absolute atomic E-state index is 0.0206. The molecule has 1 unspecified atom stereocenters. The summed E-state index contributed by atoms with van der Waals surface area (Å²) in [6.07, 6.45) is 0.413. The number of carbonyl (C=O) groups is 1. The Hall–Kier alpha value is -1.42. The molecule has 2 N–H and O–H groups in total. The molecule has 0 aromatic heterocycles. The van der Waals surface area contributed by atoms with Crippen molar-refractivity contribution < 1.29 is 9.18 Å². The average Bonchev–Trinajstić information content (AvgIpc) is 2.30. The first-order valence-corrected chi connectivity index (χ1v) is 6.99. The number of nitrogens with one attached hydrogen (secondary N) is 2. The van der Waals surface area contributed by atoms with Crippen LogP contribution in [-0.4, -0.2) is 18.0 Å². The highest BCUT2D eigenvalue weighted by Gasteiger charge is 2.14. The number of carbonyl (C=O) groups excluding carboxylic acids is 1. The molecule has 0 radical (unpaired) electrons. The highest BCUT2D eigenvalue weighted by atomic mass is 19.1. The van der Waals surface area contributed by atoms with Gasteiger partial charge < -0.3 is 10.6 Å². The zero-order chi connectivity index (χ0) is 15.3. The molecule has 1 rings (SSSR count). The fourth-order valence-corrected chi connectivity index (χ4v) is 1.88. The lowest BCUT2D eigenvalue weighted by molar-refractivity contribution is -0.122. The van der Waals surface area contributed by atoms with E-state index in [1.54, 1.807) is 19.1 Å². The number of aryl methyl sites for hydroxylation is 1. The van der Waals surface area contributed by atoms with Crippen molar-refractivity contribution in [2.75, 3.05) is 6.54 Å². The Morgan fingerprint density at radius 2 is 2.00 bits per heavy atom. The minimum atomic E-state index is -0.206.